The number of carbonyl (C=O) groups excluding carboxylic acids is 1. The predicted molar refractivity (Wildman–Crippen MR) is 178 cm³/mol. The number of nitrogens with zero attached hydrogens (tertiary/aromatic N) is 7. The second-order valence-electron chi connectivity index (χ2n) is 13.1. The number of allylic oxidation sites excluding steroid dienone is 3. The summed E-state index contributed by atoms with van der Waals surface area (Å²) in [7, 11) is -0.651. The number of rotatable bonds is 11. The number of ether oxygens (including phenoxy) is 1. The van der Waals surface area contributed by atoms with Gasteiger partial charge in [-0.15, -0.1) is 0 Å². The summed E-state index contributed by atoms with van der Waals surface area (Å²) in [5.41, 5.74) is 3.06. The number of amides is 1. The lowest BCUT2D eigenvalue weighted by Crippen LogP contribution is -2.38. The summed E-state index contributed by atoms with van der Waals surface area (Å²) in [6, 6.07) is 3.60. The molecule has 1 atom stereocenters. The number of pyridine rings is 1. The van der Waals surface area contributed by atoms with Crippen LogP contribution in [0.2, 0.25) is 0 Å². The van der Waals surface area contributed by atoms with E-state index in [1.54, 1.807) is 81.9 Å². The van der Waals surface area contributed by atoms with Gasteiger partial charge in [-0.05, 0) is 64.7 Å². The second-order valence-corrected chi connectivity index (χ2v) is 15.4. The molecule has 0 aliphatic heterocycles. The summed E-state index contributed by atoms with van der Waals surface area (Å²) >= 11 is 0. The Kier molecular flexibility index (Phi) is 9.18. The molecule has 0 aromatic carbocycles. The van der Waals surface area contributed by atoms with Crippen molar-refractivity contribution in [3.05, 3.63) is 72.6 Å². The molecule has 14 heteroatoms. The zero-order valence-electron chi connectivity index (χ0n) is 27.5. The fourth-order valence-corrected chi connectivity index (χ4v) is 7.22. The molecule has 4 aromatic rings. The molecule has 1 aliphatic rings. The Balaban J connectivity index is 1.47. The highest BCUT2D eigenvalue weighted by Crippen LogP contribution is 2.38. The van der Waals surface area contributed by atoms with Gasteiger partial charge in [0.25, 0.3) is 0 Å². The standard InChI is InChI=1S/C33H41N7O6S/c1-32(2,3)46-31(43)37(5)22-28-27(20-38(6)36-28)23-11-9-14-33(4,17-23)47(44,45)40-21-26(25-12-10-15-34-30(25)40)24-18-35-39(19-24)16-8-7-13-29(41)42/h9-12,15,17-21H,7-8,13-14,16,22H2,1-6H3,(H,41,42). The molecular formula is C33H41N7O6S. The number of aliphatic carboxylic acids is 1. The van der Waals surface area contributed by atoms with Gasteiger partial charge in [-0.25, -0.2) is 22.2 Å². The third-order valence-corrected chi connectivity index (χ3v) is 10.2. The topological polar surface area (TPSA) is 154 Å². The first-order chi connectivity index (χ1) is 22.1. The Morgan fingerprint density at radius 2 is 1.91 bits per heavy atom. The fourth-order valence-electron chi connectivity index (χ4n) is 5.57. The molecule has 1 N–H and O–H groups in total. The molecule has 0 saturated carbocycles. The molecule has 0 fully saturated rings. The van der Waals surface area contributed by atoms with E-state index in [4.69, 9.17) is 9.84 Å². The molecule has 5 rings (SSSR count). The third kappa shape index (κ3) is 7.17. The van der Waals surface area contributed by atoms with Crippen molar-refractivity contribution in [2.45, 2.75) is 76.8 Å². The van der Waals surface area contributed by atoms with Crippen LogP contribution in [-0.4, -0.2) is 76.4 Å². The van der Waals surface area contributed by atoms with Crippen LogP contribution in [0.1, 0.15) is 64.6 Å². The Morgan fingerprint density at radius 3 is 2.64 bits per heavy atom. The molecule has 4 aromatic heterocycles. The number of carboxylic acids is 1. The van der Waals surface area contributed by atoms with E-state index < -0.39 is 32.4 Å². The quantitative estimate of drug-likeness (QED) is 0.212. The number of fused-ring (bicyclic) bond motifs is 1. The average molecular weight is 664 g/mol. The van der Waals surface area contributed by atoms with E-state index in [0.29, 0.717) is 52.8 Å². The molecule has 4 heterocycles. The van der Waals surface area contributed by atoms with E-state index in [2.05, 4.69) is 15.2 Å². The van der Waals surface area contributed by atoms with Crippen molar-refractivity contribution < 1.29 is 27.9 Å². The van der Waals surface area contributed by atoms with E-state index in [9.17, 15) is 18.0 Å². The summed E-state index contributed by atoms with van der Waals surface area (Å²) in [6.07, 6.45) is 15.0. The monoisotopic (exact) mass is 663 g/mol. The van der Waals surface area contributed by atoms with E-state index in [1.807, 2.05) is 30.6 Å². The summed E-state index contributed by atoms with van der Waals surface area (Å²) < 4.78 is 37.9. The van der Waals surface area contributed by atoms with Crippen LogP contribution in [0.25, 0.3) is 27.7 Å². The second kappa shape index (κ2) is 12.8. The first-order valence-electron chi connectivity index (χ1n) is 15.4. The van der Waals surface area contributed by atoms with Gasteiger partial charge in [-0.2, -0.15) is 10.2 Å². The lowest BCUT2D eigenvalue weighted by Gasteiger charge is -2.29. The van der Waals surface area contributed by atoms with Gasteiger partial charge in [-0.3, -0.25) is 14.2 Å². The van der Waals surface area contributed by atoms with Crippen molar-refractivity contribution in [2.75, 3.05) is 7.05 Å². The van der Waals surface area contributed by atoms with Crippen LogP contribution < -0.4 is 0 Å². The molecular weight excluding hydrogens is 622 g/mol. The zero-order chi connectivity index (χ0) is 34.1. The van der Waals surface area contributed by atoms with Gasteiger partial charge in [0, 0.05) is 73.9 Å². The van der Waals surface area contributed by atoms with Crippen molar-refractivity contribution in [1.29, 1.82) is 0 Å². The van der Waals surface area contributed by atoms with Gasteiger partial charge >= 0.3 is 12.1 Å². The molecule has 47 heavy (non-hydrogen) atoms. The summed E-state index contributed by atoms with van der Waals surface area (Å²) in [5.74, 6) is -0.830. The largest absolute Gasteiger partial charge is 0.481 e. The van der Waals surface area contributed by atoms with Crippen LogP contribution in [0.5, 0.6) is 0 Å². The number of hydrogen-bond acceptors (Lipinski definition) is 8. The van der Waals surface area contributed by atoms with Gasteiger partial charge in [-0.1, -0.05) is 18.2 Å². The smallest absolute Gasteiger partial charge is 0.410 e. The normalized spacial score (nSPS) is 16.8. The fraction of sp³-hybridized carbons (Fsp3) is 0.424. The van der Waals surface area contributed by atoms with E-state index in [1.165, 1.54) is 8.87 Å². The Morgan fingerprint density at radius 1 is 1.15 bits per heavy atom. The maximum atomic E-state index is 14.6. The van der Waals surface area contributed by atoms with Gasteiger partial charge in [0.1, 0.15) is 10.3 Å². The highest BCUT2D eigenvalue weighted by Gasteiger charge is 2.41. The van der Waals surface area contributed by atoms with Gasteiger partial charge in [0.2, 0.25) is 10.0 Å². The van der Waals surface area contributed by atoms with Crippen LogP contribution in [0.4, 0.5) is 4.79 Å². The first-order valence-corrected chi connectivity index (χ1v) is 16.8. The summed E-state index contributed by atoms with van der Waals surface area (Å²) in [4.78, 5) is 29.4. The molecule has 0 bridgehead atoms. The Hall–Kier alpha value is -4.72. The van der Waals surface area contributed by atoms with E-state index >= 15 is 0 Å². The Bertz CT molecular complexity index is 1980. The first kappa shape index (κ1) is 33.6. The lowest BCUT2D eigenvalue weighted by molar-refractivity contribution is -0.137. The highest BCUT2D eigenvalue weighted by atomic mass is 32.2. The SMILES string of the molecule is CN(Cc1nn(C)cc1C1=CC(C)(S(=O)(=O)n2cc(-c3cnn(CCCCC(=O)O)c3)c3cccnc32)CC=C1)C(=O)OC(C)(C)C. The number of aryl methyl sites for hydroxylation is 2. The van der Waals surface area contributed by atoms with E-state index in [0.717, 1.165) is 5.56 Å². The molecule has 1 aliphatic carbocycles. The zero-order valence-corrected chi connectivity index (χ0v) is 28.4. The van der Waals surface area contributed by atoms with Crippen LogP contribution >= 0.6 is 0 Å². The minimum absolute atomic E-state index is 0.0977. The van der Waals surface area contributed by atoms with Crippen molar-refractivity contribution in [2.24, 2.45) is 7.05 Å². The summed E-state index contributed by atoms with van der Waals surface area (Å²) in [6.45, 7) is 7.81. The summed E-state index contributed by atoms with van der Waals surface area (Å²) in [5, 5.41) is 18.6. The van der Waals surface area contributed by atoms with Gasteiger partial charge < -0.3 is 14.7 Å². The third-order valence-electron chi connectivity index (χ3n) is 7.94. The highest BCUT2D eigenvalue weighted by molar-refractivity contribution is 7.91. The minimum Gasteiger partial charge on any atom is -0.481 e. The predicted octanol–water partition coefficient (Wildman–Crippen LogP) is 5.24. The Labute approximate surface area is 274 Å². The molecule has 1 unspecified atom stereocenters. The number of aromatic nitrogens is 6. The van der Waals surface area contributed by atoms with Crippen LogP contribution in [0, 0.1) is 0 Å². The van der Waals surface area contributed by atoms with E-state index in [-0.39, 0.29) is 19.4 Å². The lowest BCUT2D eigenvalue weighted by atomic mass is 9.93. The van der Waals surface area contributed by atoms with Crippen molar-refractivity contribution in [1.82, 2.24) is 33.4 Å². The average Bonchev–Trinajstić information content (AvgIpc) is 3.71. The number of hydrogen-bond donors (Lipinski definition) is 1. The molecule has 13 nitrogen and oxygen atoms in total. The molecule has 250 valence electrons. The molecule has 0 radical (unpaired) electrons. The number of unbranched alkanes of at least 4 members (excludes halogenated alkanes) is 1. The molecule has 0 spiro atoms. The maximum absolute atomic E-state index is 14.6. The molecule has 0 saturated heterocycles. The van der Waals surface area contributed by atoms with Gasteiger partial charge in [0.05, 0.1) is 18.4 Å². The van der Waals surface area contributed by atoms with Crippen molar-refractivity contribution in [3.63, 3.8) is 0 Å². The number of carbonyl (C=O) groups is 2. The van der Waals surface area contributed by atoms with Crippen LogP contribution in [0.3, 0.4) is 0 Å². The number of carboxylic acid groups (broad SMARTS) is 1. The van der Waals surface area contributed by atoms with Crippen LogP contribution in [0.15, 0.2) is 61.3 Å². The van der Waals surface area contributed by atoms with Gasteiger partial charge in [0.15, 0.2) is 5.65 Å². The van der Waals surface area contributed by atoms with Crippen molar-refractivity contribution >= 4 is 38.7 Å². The van der Waals surface area contributed by atoms with Crippen molar-refractivity contribution in [3.8, 4) is 11.1 Å². The maximum Gasteiger partial charge on any atom is 0.410 e. The molecule has 1 amide bonds. The van der Waals surface area contributed by atoms with Crippen LogP contribution in [-0.2, 0) is 39.7 Å². The minimum atomic E-state index is -4.07.